The Balaban J connectivity index is 1.62. The van der Waals surface area contributed by atoms with Crippen molar-refractivity contribution >= 4 is 5.71 Å². The van der Waals surface area contributed by atoms with E-state index in [2.05, 4.69) is 6.07 Å². The molecule has 0 aromatic heterocycles. The van der Waals surface area contributed by atoms with Crippen LogP contribution < -0.4 is 4.74 Å². The molecule has 0 fully saturated rings. The van der Waals surface area contributed by atoms with Crippen LogP contribution in [0.4, 0.5) is 0 Å². The number of aryl methyl sites for hydroxylation is 1. The van der Waals surface area contributed by atoms with Crippen molar-refractivity contribution in [3.63, 3.8) is 0 Å². The Bertz CT molecular complexity index is 1090. The van der Waals surface area contributed by atoms with Crippen molar-refractivity contribution in [2.75, 3.05) is 0 Å². The molecule has 140 valence electrons. The number of fused-ring (bicyclic) bond motifs is 3. The molecule has 0 aliphatic carbocycles. The van der Waals surface area contributed by atoms with Gasteiger partial charge in [0.15, 0.2) is 0 Å². The fraction of sp³-hybridized carbons (Fsp3) is 0.174. The monoisotopic (exact) mass is 372 g/mol. The lowest BCUT2D eigenvalue weighted by Gasteiger charge is -2.38. The molecule has 3 aromatic carbocycles. The lowest BCUT2D eigenvalue weighted by molar-refractivity contribution is -0.0191. The topological polar surface area (TPSA) is 65.3 Å². The molecule has 0 saturated heterocycles. The van der Waals surface area contributed by atoms with Crippen molar-refractivity contribution in [2.45, 2.75) is 25.6 Å². The van der Waals surface area contributed by atoms with Crippen LogP contribution in [0.2, 0.25) is 0 Å². The van der Waals surface area contributed by atoms with Gasteiger partial charge in [0.1, 0.15) is 17.2 Å². The van der Waals surface area contributed by atoms with Crippen LogP contribution in [-0.2, 0) is 0 Å². The maximum absolute atomic E-state index is 10.4. The van der Waals surface area contributed by atoms with Crippen LogP contribution in [0.3, 0.4) is 0 Å². The summed E-state index contributed by atoms with van der Waals surface area (Å²) < 4.78 is 6.27. The summed E-state index contributed by atoms with van der Waals surface area (Å²) in [7, 11) is 0. The Labute approximate surface area is 163 Å². The minimum absolute atomic E-state index is 0.00668. The van der Waals surface area contributed by atoms with Gasteiger partial charge in [-0.25, -0.2) is 5.01 Å². The third-order valence-corrected chi connectivity index (χ3v) is 5.32. The van der Waals surface area contributed by atoms with Gasteiger partial charge in [-0.15, -0.1) is 0 Å². The Kier molecular flexibility index (Phi) is 3.76. The molecule has 0 spiro atoms. The van der Waals surface area contributed by atoms with Gasteiger partial charge in [0.25, 0.3) is 0 Å². The van der Waals surface area contributed by atoms with Crippen LogP contribution in [0.25, 0.3) is 0 Å². The zero-order chi connectivity index (χ0) is 19.3. The van der Waals surface area contributed by atoms with Gasteiger partial charge < -0.3 is 14.9 Å². The third-order valence-electron chi connectivity index (χ3n) is 5.32. The van der Waals surface area contributed by atoms with Gasteiger partial charge in [0.05, 0.1) is 11.8 Å². The molecule has 0 saturated carbocycles. The highest BCUT2D eigenvalue weighted by Gasteiger charge is 2.41. The first kappa shape index (κ1) is 16.7. The number of nitrogens with zero attached hydrogens (tertiary/aromatic N) is 2. The van der Waals surface area contributed by atoms with E-state index in [0.29, 0.717) is 6.42 Å². The fourth-order valence-electron chi connectivity index (χ4n) is 3.98. The summed E-state index contributed by atoms with van der Waals surface area (Å²) in [5.74, 6) is 1.24. The average Bonchev–Trinajstić information content (AvgIpc) is 3.14. The quantitative estimate of drug-likeness (QED) is 0.687. The summed E-state index contributed by atoms with van der Waals surface area (Å²) in [6.45, 7) is 2.00. The average molecular weight is 372 g/mol. The highest BCUT2D eigenvalue weighted by atomic mass is 16.5. The number of ether oxygens (including phenoxy) is 1. The van der Waals surface area contributed by atoms with E-state index in [4.69, 9.17) is 9.84 Å². The van der Waals surface area contributed by atoms with Gasteiger partial charge in [-0.05, 0) is 37.3 Å². The molecule has 5 rings (SSSR count). The van der Waals surface area contributed by atoms with Gasteiger partial charge in [0, 0.05) is 23.1 Å². The molecule has 5 nitrogen and oxygen atoms in total. The highest BCUT2D eigenvalue weighted by molar-refractivity contribution is 6.04. The molecule has 0 bridgehead atoms. The van der Waals surface area contributed by atoms with Crippen LogP contribution in [0.5, 0.6) is 17.2 Å². The molecular formula is C23H20N2O3. The van der Waals surface area contributed by atoms with Gasteiger partial charge in [0.2, 0.25) is 6.23 Å². The molecule has 0 amide bonds. The summed E-state index contributed by atoms with van der Waals surface area (Å²) in [5.41, 5.74) is 4.56. The van der Waals surface area contributed by atoms with Crippen LogP contribution in [0.1, 0.15) is 40.9 Å². The Morgan fingerprint density at radius 1 is 1.00 bits per heavy atom. The Morgan fingerprint density at radius 3 is 2.71 bits per heavy atom. The number of para-hydroxylation sites is 1. The lowest BCUT2D eigenvalue weighted by atomic mass is 9.95. The first-order valence-electron chi connectivity index (χ1n) is 9.30. The number of hydrogen-bond donors (Lipinski definition) is 2. The maximum atomic E-state index is 10.4. The molecule has 0 unspecified atom stereocenters. The van der Waals surface area contributed by atoms with E-state index in [1.54, 1.807) is 24.3 Å². The molecule has 2 aliphatic rings. The zero-order valence-electron chi connectivity index (χ0n) is 15.4. The Hall–Kier alpha value is -3.47. The first-order valence-corrected chi connectivity index (χ1v) is 9.30. The molecule has 28 heavy (non-hydrogen) atoms. The van der Waals surface area contributed by atoms with Crippen molar-refractivity contribution in [3.8, 4) is 17.2 Å². The zero-order valence-corrected chi connectivity index (χ0v) is 15.4. The molecule has 5 heteroatoms. The number of rotatable bonds is 2. The number of phenols is 2. The number of hydrazone groups is 1. The highest BCUT2D eigenvalue weighted by Crippen LogP contribution is 2.48. The Morgan fingerprint density at radius 2 is 1.86 bits per heavy atom. The smallest absolute Gasteiger partial charge is 0.214 e. The molecule has 2 heterocycles. The molecule has 2 atom stereocenters. The predicted octanol–water partition coefficient (Wildman–Crippen LogP) is 4.65. The van der Waals surface area contributed by atoms with Gasteiger partial charge in [-0.1, -0.05) is 42.0 Å². The number of benzene rings is 3. The van der Waals surface area contributed by atoms with E-state index in [0.717, 1.165) is 33.7 Å². The van der Waals surface area contributed by atoms with Crippen molar-refractivity contribution in [3.05, 3.63) is 89.0 Å². The fourth-order valence-corrected chi connectivity index (χ4v) is 3.98. The SMILES string of the molecule is Cc1ccc(O)c(C2=NN3[C@H](C2)c2ccccc2O[C@@H]3c2cccc(O)c2)c1. The predicted molar refractivity (Wildman–Crippen MR) is 106 cm³/mol. The summed E-state index contributed by atoms with van der Waals surface area (Å²) in [5, 5.41) is 27.1. The van der Waals surface area contributed by atoms with E-state index in [1.165, 1.54) is 0 Å². The molecule has 3 aromatic rings. The van der Waals surface area contributed by atoms with E-state index >= 15 is 0 Å². The van der Waals surface area contributed by atoms with Crippen molar-refractivity contribution < 1.29 is 14.9 Å². The van der Waals surface area contributed by atoms with Gasteiger partial charge in [-0.3, -0.25) is 0 Å². The standard InChI is InChI=1S/C23H20N2O3/c1-14-9-10-21(27)18(11-14)19-13-20-17-7-2-3-8-22(17)28-23(25(20)24-19)15-5-4-6-16(26)12-15/h2-12,20,23,26-27H,13H2,1H3/t20-,23-/m1/s1. The second-order valence-corrected chi connectivity index (χ2v) is 7.27. The van der Waals surface area contributed by atoms with Gasteiger partial charge in [-0.2, -0.15) is 5.10 Å². The van der Waals surface area contributed by atoms with Gasteiger partial charge >= 0.3 is 0 Å². The number of aromatic hydroxyl groups is 2. The van der Waals surface area contributed by atoms with E-state index in [1.807, 2.05) is 48.3 Å². The molecule has 2 aliphatic heterocycles. The van der Waals surface area contributed by atoms with Crippen molar-refractivity contribution in [1.29, 1.82) is 0 Å². The van der Waals surface area contributed by atoms with Crippen molar-refractivity contribution in [2.24, 2.45) is 5.10 Å². The summed E-state index contributed by atoms with van der Waals surface area (Å²) in [6.07, 6.45) is 0.226. The first-order chi connectivity index (χ1) is 13.6. The maximum Gasteiger partial charge on any atom is 0.214 e. The van der Waals surface area contributed by atoms with E-state index in [9.17, 15) is 10.2 Å². The van der Waals surface area contributed by atoms with Crippen molar-refractivity contribution in [1.82, 2.24) is 5.01 Å². The number of hydrogen-bond acceptors (Lipinski definition) is 5. The van der Waals surface area contributed by atoms with Crippen LogP contribution >= 0.6 is 0 Å². The largest absolute Gasteiger partial charge is 0.508 e. The lowest BCUT2D eigenvalue weighted by Crippen LogP contribution is -2.33. The molecular weight excluding hydrogens is 352 g/mol. The van der Waals surface area contributed by atoms with Crippen LogP contribution in [-0.4, -0.2) is 20.9 Å². The molecule has 0 radical (unpaired) electrons. The number of phenolic OH excluding ortho intramolecular Hbond substituents is 2. The van der Waals surface area contributed by atoms with E-state index < -0.39 is 6.23 Å². The third kappa shape index (κ3) is 2.67. The summed E-state index contributed by atoms with van der Waals surface area (Å²) in [6, 6.07) is 20.6. The second-order valence-electron chi connectivity index (χ2n) is 7.27. The molecule has 2 N–H and O–H groups in total. The second kappa shape index (κ2) is 6.30. The summed E-state index contributed by atoms with van der Waals surface area (Å²) in [4.78, 5) is 0. The normalized spacial score (nSPS) is 20.2. The minimum Gasteiger partial charge on any atom is -0.508 e. The van der Waals surface area contributed by atoms with Crippen LogP contribution in [0.15, 0.2) is 71.8 Å². The van der Waals surface area contributed by atoms with Crippen LogP contribution in [0, 0.1) is 6.92 Å². The minimum atomic E-state index is -0.448. The van der Waals surface area contributed by atoms with E-state index in [-0.39, 0.29) is 17.5 Å². The summed E-state index contributed by atoms with van der Waals surface area (Å²) >= 11 is 0.